The minimum absolute atomic E-state index is 0.0457. The van der Waals surface area contributed by atoms with Gasteiger partial charge in [0.25, 0.3) is 0 Å². The first-order valence-corrected chi connectivity index (χ1v) is 8.89. The normalized spacial score (nSPS) is 17.3. The molecule has 1 aromatic rings. The first-order valence-electron chi connectivity index (χ1n) is 8.89. The van der Waals surface area contributed by atoms with Gasteiger partial charge in [0.15, 0.2) is 0 Å². The summed E-state index contributed by atoms with van der Waals surface area (Å²) < 4.78 is 0. The van der Waals surface area contributed by atoms with E-state index in [4.69, 9.17) is 15.0 Å². The van der Waals surface area contributed by atoms with Crippen LogP contribution < -0.4 is 5.32 Å². The molecule has 1 atom stereocenters. The van der Waals surface area contributed by atoms with E-state index in [0.717, 1.165) is 42.7 Å². The molecule has 0 bridgehead atoms. The van der Waals surface area contributed by atoms with Crippen LogP contribution in [0.25, 0.3) is 0 Å². The van der Waals surface area contributed by atoms with Crippen LogP contribution in [0.2, 0.25) is 0 Å². The number of rotatable bonds is 5. The molecule has 1 aliphatic rings. The van der Waals surface area contributed by atoms with Crippen molar-refractivity contribution < 1.29 is 19.8 Å². The molecule has 3 N–H and O–H groups in total. The van der Waals surface area contributed by atoms with Gasteiger partial charge in [-0.3, -0.25) is 9.69 Å². The van der Waals surface area contributed by atoms with E-state index in [1.165, 1.54) is 19.3 Å². The average molecular weight is 350 g/mol. The van der Waals surface area contributed by atoms with Gasteiger partial charge in [-0.25, -0.2) is 4.79 Å². The van der Waals surface area contributed by atoms with Crippen molar-refractivity contribution in [2.45, 2.75) is 58.9 Å². The molecule has 1 aliphatic heterocycles. The van der Waals surface area contributed by atoms with Gasteiger partial charge in [0.1, 0.15) is 0 Å². The van der Waals surface area contributed by atoms with Crippen LogP contribution in [-0.2, 0) is 4.79 Å². The Balaban J connectivity index is 0.000000705. The number of hydrogen-bond donors (Lipinski definition) is 3. The van der Waals surface area contributed by atoms with Crippen LogP contribution in [0, 0.1) is 13.8 Å². The zero-order valence-corrected chi connectivity index (χ0v) is 15.4. The number of piperidine rings is 1. The Morgan fingerprint density at radius 3 is 2.36 bits per heavy atom. The van der Waals surface area contributed by atoms with E-state index in [-0.39, 0.29) is 11.9 Å². The van der Waals surface area contributed by atoms with Crippen molar-refractivity contribution in [3.63, 3.8) is 0 Å². The number of carbonyl (C=O) groups excluding carboxylic acids is 1. The van der Waals surface area contributed by atoms with Gasteiger partial charge in [0.2, 0.25) is 5.91 Å². The molecule has 0 aliphatic carbocycles. The molecule has 0 aromatic heterocycles. The second kappa shape index (κ2) is 10.7. The Hall–Kier alpha value is -2.08. The number of hydrogen-bond acceptors (Lipinski definition) is 3. The van der Waals surface area contributed by atoms with Gasteiger partial charge < -0.3 is 15.5 Å². The van der Waals surface area contributed by atoms with Crippen molar-refractivity contribution in [2.24, 2.45) is 0 Å². The monoisotopic (exact) mass is 350 g/mol. The summed E-state index contributed by atoms with van der Waals surface area (Å²) in [6.07, 6.45) is 3.89. The first-order chi connectivity index (χ1) is 11.9. The molecule has 0 radical (unpaired) electrons. The Kier molecular flexibility index (Phi) is 8.99. The number of likely N-dealkylation sites (tertiary alicyclic amines) is 1. The number of nitrogens with zero attached hydrogens (tertiary/aromatic N) is 1. The summed E-state index contributed by atoms with van der Waals surface area (Å²) in [5.41, 5.74) is 3.27. The standard InChI is InChI=1S/C18H28N2O.CH2O3/c1-4-5-12-20-13-7-6-11-16(20)18(21)19-17-14(2)9-8-10-15(17)3;2-1(3)4/h8-10,16H,4-7,11-13H2,1-3H3,(H,19,21);(H2,2,3,4)/t16-;/m0./s1. The van der Waals surface area contributed by atoms with Crippen molar-refractivity contribution in [3.8, 4) is 0 Å². The number of para-hydroxylation sites is 1. The zero-order chi connectivity index (χ0) is 18.8. The Bertz CT molecular complexity index is 550. The van der Waals surface area contributed by atoms with Gasteiger partial charge in [-0.05, 0) is 57.3 Å². The number of carbonyl (C=O) groups is 2. The Morgan fingerprint density at radius 1 is 1.20 bits per heavy atom. The third-order valence-corrected chi connectivity index (χ3v) is 4.44. The van der Waals surface area contributed by atoms with E-state index in [1.807, 2.05) is 6.07 Å². The first kappa shape index (κ1) is 21.0. The summed E-state index contributed by atoms with van der Waals surface area (Å²) in [7, 11) is 0. The van der Waals surface area contributed by atoms with Crippen LogP contribution in [0.15, 0.2) is 18.2 Å². The van der Waals surface area contributed by atoms with Gasteiger partial charge in [-0.1, -0.05) is 38.0 Å². The van der Waals surface area contributed by atoms with E-state index >= 15 is 0 Å². The van der Waals surface area contributed by atoms with E-state index in [1.54, 1.807) is 0 Å². The fourth-order valence-corrected chi connectivity index (χ4v) is 3.13. The molecular formula is C19H30N2O4. The highest BCUT2D eigenvalue weighted by Crippen LogP contribution is 2.23. The summed E-state index contributed by atoms with van der Waals surface area (Å²) in [4.78, 5) is 23.6. The van der Waals surface area contributed by atoms with Crippen LogP contribution >= 0.6 is 0 Å². The number of anilines is 1. The third kappa shape index (κ3) is 7.13. The number of aryl methyl sites for hydroxylation is 2. The van der Waals surface area contributed by atoms with Crippen molar-refractivity contribution in [1.29, 1.82) is 0 Å². The molecule has 6 heteroatoms. The summed E-state index contributed by atoms with van der Waals surface area (Å²) in [5.74, 6) is 0.170. The molecule has 6 nitrogen and oxygen atoms in total. The largest absolute Gasteiger partial charge is 0.503 e. The van der Waals surface area contributed by atoms with Crippen LogP contribution in [0.1, 0.15) is 50.2 Å². The van der Waals surface area contributed by atoms with Crippen molar-refractivity contribution in [1.82, 2.24) is 4.90 Å². The molecule has 0 unspecified atom stereocenters. The number of benzene rings is 1. The smallest absolute Gasteiger partial charge is 0.450 e. The molecule has 1 fully saturated rings. The molecule has 2 rings (SSSR count). The lowest BCUT2D eigenvalue weighted by molar-refractivity contribution is -0.122. The number of carboxylic acid groups (broad SMARTS) is 2. The summed E-state index contributed by atoms with van der Waals surface area (Å²) in [5, 5.41) is 17.1. The third-order valence-electron chi connectivity index (χ3n) is 4.44. The quantitative estimate of drug-likeness (QED) is 0.743. The molecule has 25 heavy (non-hydrogen) atoms. The minimum Gasteiger partial charge on any atom is -0.450 e. The van der Waals surface area contributed by atoms with Gasteiger partial charge in [-0.15, -0.1) is 0 Å². The Labute approximate surface area is 149 Å². The average Bonchev–Trinajstić information content (AvgIpc) is 2.56. The molecule has 0 saturated carbocycles. The van der Waals surface area contributed by atoms with E-state index in [0.29, 0.717) is 0 Å². The van der Waals surface area contributed by atoms with Crippen molar-refractivity contribution >= 4 is 17.7 Å². The van der Waals surface area contributed by atoms with Gasteiger partial charge in [0.05, 0.1) is 6.04 Å². The van der Waals surface area contributed by atoms with Crippen LogP contribution in [0.4, 0.5) is 10.5 Å². The minimum atomic E-state index is -1.83. The number of unbranched alkanes of at least 4 members (excludes halogenated alkanes) is 1. The highest BCUT2D eigenvalue weighted by atomic mass is 16.6. The van der Waals surface area contributed by atoms with Gasteiger partial charge in [0, 0.05) is 5.69 Å². The highest BCUT2D eigenvalue weighted by molar-refractivity contribution is 5.96. The highest BCUT2D eigenvalue weighted by Gasteiger charge is 2.28. The van der Waals surface area contributed by atoms with Crippen LogP contribution in [-0.4, -0.2) is 46.3 Å². The lowest BCUT2D eigenvalue weighted by Gasteiger charge is -2.34. The van der Waals surface area contributed by atoms with Crippen molar-refractivity contribution in [2.75, 3.05) is 18.4 Å². The fourth-order valence-electron chi connectivity index (χ4n) is 3.13. The summed E-state index contributed by atoms with van der Waals surface area (Å²) in [6, 6.07) is 6.19. The second-order valence-electron chi connectivity index (χ2n) is 6.44. The van der Waals surface area contributed by atoms with Crippen LogP contribution in [0.3, 0.4) is 0 Å². The molecule has 1 aromatic carbocycles. The number of amides is 1. The maximum Gasteiger partial charge on any atom is 0.503 e. The number of nitrogens with one attached hydrogen (secondary N) is 1. The van der Waals surface area contributed by atoms with Crippen molar-refractivity contribution in [3.05, 3.63) is 29.3 Å². The molecular weight excluding hydrogens is 320 g/mol. The van der Waals surface area contributed by atoms with Crippen LogP contribution in [0.5, 0.6) is 0 Å². The van der Waals surface area contributed by atoms with E-state index in [9.17, 15) is 4.79 Å². The summed E-state index contributed by atoms with van der Waals surface area (Å²) >= 11 is 0. The molecule has 1 heterocycles. The lowest BCUT2D eigenvalue weighted by Crippen LogP contribution is -2.47. The second-order valence-corrected chi connectivity index (χ2v) is 6.44. The summed E-state index contributed by atoms with van der Waals surface area (Å²) in [6.45, 7) is 8.42. The maximum absolute atomic E-state index is 12.7. The van der Waals surface area contributed by atoms with Gasteiger partial charge >= 0.3 is 6.16 Å². The zero-order valence-electron chi connectivity index (χ0n) is 15.4. The topological polar surface area (TPSA) is 89.9 Å². The maximum atomic E-state index is 12.7. The SMILES string of the molecule is CCCCN1CCCC[C@H]1C(=O)Nc1c(C)cccc1C.O=C(O)O. The predicted octanol–water partition coefficient (Wildman–Crippen LogP) is 4.12. The molecule has 1 saturated heterocycles. The fraction of sp³-hybridized carbons (Fsp3) is 0.579. The molecule has 0 spiro atoms. The Morgan fingerprint density at radius 2 is 1.80 bits per heavy atom. The van der Waals surface area contributed by atoms with E-state index < -0.39 is 6.16 Å². The molecule has 140 valence electrons. The van der Waals surface area contributed by atoms with E-state index in [2.05, 4.69) is 43.1 Å². The predicted molar refractivity (Wildman–Crippen MR) is 99.3 cm³/mol. The molecule has 1 amide bonds. The lowest BCUT2D eigenvalue weighted by atomic mass is 10.00. The van der Waals surface area contributed by atoms with Gasteiger partial charge in [-0.2, -0.15) is 0 Å².